The first kappa shape index (κ1) is 18.5. The molecule has 0 amide bonds. The summed E-state index contributed by atoms with van der Waals surface area (Å²) in [5, 5.41) is 0. The Labute approximate surface area is 177 Å². The second-order valence-corrected chi connectivity index (χ2v) is 7.60. The summed E-state index contributed by atoms with van der Waals surface area (Å²) in [7, 11) is 0. The fourth-order valence-electron chi connectivity index (χ4n) is 4.16. The Morgan fingerprint density at radius 3 is 1.93 bits per heavy atom. The van der Waals surface area contributed by atoms with E-state index in [0.29, 0.717) is 13.2 Å². The summed E-state index contributed by atoms with van der Waals surface area (Å²) in [6, 6.07) is 31.7. The van der Waals surface area contributed by atoms with Gasteiger partial charge in [0.2, 0.25) is 0 Å². The van der Waals surface area contributed by atoms with Crippen molar-refractivity contribution in [3.63, 3.8) is 0 Å². The largest absolute Gasteiger partial charge is 0.493 e. The second kappa shape index (κ2) is 8.08. The van der Waals surface area contributed by atoms with Crippen LogP contribution in [0, 0.1) is 6.92 Å². The first-order chi connectivity index (χ1) is 14.8. The van der Waals surface area contributed by atoms with Gasteiger partial charge in [-0.3, -0.25) is 0 Å². The third-order valence-corrected chi connectivity index (χ3v) is 5.67. The minimum atomic E-state index is 0.649. The molecule has 1 aliphatic heterocycles. The van der Waals surface area contributed by atoms with E-state index in [0.717, 1.165) is 29.0 Å². The Balaban J connectivity index is 1.75. The smallest absolute Gasteiger partial charge is 0.127 e. The van der Waals surface area contributed by atoms with Gasteiger partial charge < -0.3 is 9.47 Å². The molecule has 0 aliphatic carbocycles. The normalized spacial score (nSPS) is 13.0. The van der Waals surface area contributed by atoms with Crippen LogP contribution in [0.5, 0.6) is 11.5 Å². The Hall–Kier alpha value is -3.52. The van der Waals surface area contributed by atoms with Crippen LogP contribution >= 0.6 is 0 Å². The summed E-state index contributed by atoms with van der Waals surface area (Å²) in [5.74, 6) is 1.83. The molecular formula is C28H24O2. The molecule has 0 saturated heterocycles. The van der Waals surface area contributed by atoms with E-state index in [2.05, 4.69) is 91.9 Å². The Bertz CT molecular complexity index is 1160. The summed E-state index contributed by atoms with van der Waals surface area (Å²) < 4.78 is 12.4. The summed E-state index contributed by atoms with van der Waals surface area (Å²) in [6.07, 6.45) is 0.860. The highest BCUT2D eigenvalue weighted by atomic mass is 16.5. The maximum atomic E-state index is 6.20. The molecule has 4 aromatic carbocycles. The lowest BCUT2D eigenvalue weighted by Crippen LogP contribution is -2.03. The van der Waals surface area contributed by atoms with E-state index >= 15 is 0 Å². The number of rotatable bonds is 2. The van der Waals surface area contributed by atoms with Crippen molar-refractivity contribution in [3.8, 4) is 44.9 Å². The number of ether oxygens (including phenoxy) is 2. The zero-order valence-corrected chi connectivity index (χ0v) is 17.1. The van der Waals surface area contributed by atoms with Crippen LogP contribution < -0.4 is 9.47 Å². The van der Waals surface area contributed by atoms with Gasteiger partial charge in [-0.2, -0.15) is 0 Å². The molecule has 0 spiro atoms. The second-order valence-electron chi connectivity index (χ2n) is 7.60. The molecular weight excluding hydrogens is 368 g/mol. The molecule has 30 heavy (non-hydrogen) atoms. The van der Waals surface area contributed by atoms with Crippen molar-refractivity contribution in [2.45, 2.75) is 13.3 Å². The van der Waals surface area contributed by atoms with Gasteiger partial charge in [-0.05, 0) is 52.9 Å². The highest BCUT2D eigenvalue weighted by Crippen LogP contribution is 2.44. The summed E-state index contributed by atoms with van der Waals surface area (Å²) >= 11 is 0. The van der Waals surface area contributed by atoms with Gasteiger partial charge in [-0.15, -0.1) is 0 Å². The predicted octanol–water partition coefficient (Wildman–Crippen LogP) is 7.16. The lowest BCUT2D eigenvalue weighted by Gasteiger charge is -2.19. The number of benzene rings is 4. The highest BCUT2D eigenvalue weighted by Gasteiger charge is 2.20. The van der Waals surface area contributed by atoms with Crippen molar-refractivity contribution in [1.82, 2.24) is 0 Å². The number of fused-ring (bicyclic) bond motifs is 3. The maximum absolute atomic E-state index is 6.20. The molecule has 4 aromatic rings. The van der Waals surface area contributed by atoms with Gasteiger partial charge in [0.1, 0.15) is 11.5 Å². The van der Waals surface area contributed by atoms with Crippen LogP contribution in [0.25, 0.3) is 33.4 Å². The molecule has 0 saturated carbocycles. The zero-order chi connectivity index (χ0) is 20.3. The van der Waals surface area contributed by atoms with Crippen molar-refractivity contribution >= 4 is 0 Å². The third-order valence-electron chi connectivity index (χ3n) is 5.67. The van der Waals surface area contributed by atoms with Crippen LogP contribution in [0.15, 0.2) is 91.0 Å². The third kappa shape index (κ3) is 3.46. The summed E-state index contributed by atoms with van der Waals surface area (Å²) in [6.45, 7) is 3.48. The molecule has 0 aromatic heterocycles. The molecule has 0 radical (unpaired) electrons. The highest BCUT2D eigenvalue weighted by molar-refractivity contribution is 5.87. The van der Waals surface area contributed by atoms with E-state index in [1.54, 1.807) is 0 Å². The average Bonchev–Trinajstić information content (AvgIpc) is 2.89. The van der Waals surface area contributed by atoms with Crippen LogP contribution in [-0.2, 0) is 0 Å². The predicted molar refractivity (Wildman–Crippen MR) is 123 cm³/mol. The van der Waals surface area contributed by atoms with E-state index in [1.165, 1.54) is 27.8 Å². The standard InChI is InChI=1S/C28H24O2/c1-20-24(22-11-6-3-7-12-22)14-16-27-28(20)25-19-23(21-9-4-2-5-10-21)13-15-26(25)29-17-8-18-30-27/h2-7,9-16,19H,8,17-18H2,1H3. The van der Waals surface area contributed by atoms with Gasteiger partial charge in [0.25, 0.3) is 0 Å². The molecule has 0 bridgehead atoms. The zero-order valence-electron chi connectivity index (χ0n) is 17.1. The van der Waals surface area contributed by atoms with E-state index in [1.807, 2.05) is 6.07 Å². The molecule has 0 atom stereocenters. The minimum Gasteiger partial charge on any atom is -0.493 e. The van der Waals surface area contributed by atoms with Crippen LogP contribution in [0.1, 0.15) is 12.0 Å². The van der Waals surface area contributed by atoms with E-state index in [4.69, 9.17) is 9.47 Å². The molecule has 1 heterocycles. The fourth-order valence-corrected chi connectivity index (χ4v) is 4.16. The van der Waals surface area contributed by atoms with Gasteiger partial charge in [0.15, 0.2) is 0 Å². The minimum absolute atomic E-state index is 0.649. The molecule has 2 nitrogen and oxygen atoms in total. The molecule has 5 rings (SSSR count). The molecule has 2 heteroatoms. The van der Waals surface area contributed by atoms with Crippen molar-refractivity contribution in [2.24, 2.45) is 0 Å². The SMILES string of the molecule is Cc1c(-c2ccccc2)ccc2c1-c1cc(-c3ccccc3)ccc1OCCCO2. The van der Waals surface area contributed by atoms with Crippen molar-refractivity contribution < 1.29 is 9.47 Å². The molecule has 148 valence electrons. The first-order valence-electron chi connectivity index (χ1n) is 10.5. The number of hydrogen-bond donors (Lipinski definition) is 0. The van der Waals surface area contributed by atoms with Crippen molar-refractivity contribution in [2.75, 3.05) is 13.2 Å². The van der Waals surface area contributed by atoms with Crippen LogP contribution in [0.2, 0.25) is 0 Å². The van der Waals surface area contributed by atoms with E-state index in [9.17, 15) is 0 Å². The van der Waals surface area contributed by atoms with Crippen LogP contribution in [0.4, 0.5) is 0 Å². The summed E-state index contributed by atoms with van der Waals surface area (Å²) in [5.41, 5.74) is 8.20. The monoisotopic (exact) mass is 392 g/mol. The van der Waals surface area contributed by atoms with Gasteiger partial charge in [-0.25, -0.2) is 0 Å². The van der Waals surface area contributed by atoms with Crippen molar-refractivity contribution in [3.05, 3.63) is 96.6 Å². The summed E-state index contributed by atoms with van der Waals surface area (Å²) in [4.78, 5) is 0. The first-order valence-corrected chi connectivity index (χ1v) is 10.5. The molecule has 1 aliphatic rings. The Morgan fingerprint density at radius 2 is 1.20 bits per heavy atom. The van der Waals surface area contributed by atoms with Crippen molar-refractivity contribution in [1.29, 1.82) is 0 Å². The fraction of sp³-hybridized carbons (Fsp3) is 0.143. The Kier molecular flexibility index (Phi) is 4.98. The lowest BCUT2D eigenvalue weighted by atomic mass is 9.90. The number of hydrogen-bond acceptors (Lipinski definition) is 2. The molecule has 0 fully saturated rings. The van der Waals surface area contributed by atoms with Crippen LogP contribution in [0.3, 0.4) is 0 Å². The quantitative estimate of drug-likeness (QED) is 0.360. The lowest BCUT2D eigenvalue weighted by molar-refractivity contribution is 0.252. The molecule has 0 N–H and O–H groups in total. The maximum Gasteiger partial charge on any atom is 0.127 e. The topological polar surface area (TPSA) is 18.5 Å². The van der Waals surface area contributed by atoms with E-state index < -0.39 is 0 Å². The van der Waals surface area contributed by atoms with Crippen LogP contribution in [-0.4, -0.2) is 13.2 Å². The average molecular weight is 392 g/mol. The van der Waals surface area contributed by atoms with Gasteiger partial charge in [-0.1, -0.05) is 72.8 Å². The Morgan fingerprint density at radius 1 is 0.567 bits per heavy atom. The van der Waals surface area contributed by atoms with E-state index in [-0.39, 0.29) is 0 Å². The molecule has 0 unspecified atom stereocenters. The van der Waals surface area contributed by atoms with Gasteiger partial charge in [0.05, 0.1) is 13.2 Å². The van der Waals surface area contributed by atoms with Gasteiger partial charge in [0, 0.05) is 17.5 Å². The van der Waals surface area contributed by atoms with Gasteiger partial charge >= 0.3 is 0 Å².